The summed E-state index contributed by atoms with van der Waals surface area (Å²) < 4.78 is 0. The van der Waals surface area contributed by atoms with Crippen molar-refractivity contribution in [2.45, 2.75) is 56.4 Å². The van der Waals surface area contributed by atoms with Gasteiger partial charge in [-0.3, -0.25) is 0 Å². The molecular formula is C13H26N2S. The molecule has 1 heterocycles. The van der Waals surface area contributed by atoms with Crippen LogP contribution < -0.4 is 5.32 Å². The van der Waals surface area contributed by atoms with Crippen LogP contribution in [0.1, 0.15) is 39.0 Å². The molecule has 0 radical (unpaired) electrons. The molecule has 1 saturated heterocycles. The molecule has 1 N–H and O–H groups in total. The molecule has 0 aromatic rings. The van der Waals surface area contributed by atoms with E-state index in [1.807, 2.05) is 0 Å². The highest BCUT2D eigenvalue weighted by Crippen LogP contribution is 2.29. The first-order valence-corrected chi connectivity index (χ1v) is 8.11. The molecule has 94 valence electrons. The van der Waals surface area contributed by atoms with Crippen molar-refractivity contribution in [3.63, 3.8) is 0 Å². The Hall–Kier alpha value is 0.270. The van der Waals surface area contributed by atoms with Crippen LogP contribution in [-0.4, -0.2) is 48.1 Å². The van der Waals surface area contributed by atoms with E-state index in [1.165, 1.54) is 51.7 Å². The summed E-state index contributed by atoms with van der Waals surface area (Å²) in [5.41, 5.74) is 0. The van der Waals surface area contributed by atoms with Crippen LogP contribution in [-0.2, 0) is 0 Å². The number of likely N-dealkylation sites (tertiary alicyclic amines) is 1. The average Bonchev–Trinajstić information content (AvgIpc) is 2.78. The van der Waals surface area contributed by atoms with Gasteiger partial charge in [-0.2, -0.15) is 11.8 Å². The van der Waals surface area contributed by atoms with Gasteiger partial charge in [0.15, 0.2) is 0 Å². The van der Waals surface area contributed by atoms with Crippen molar-refractivity contribution in [1.29, 1.82) is 0 Å². The third-order valence-corrected chi connectivity index (χ3v) is 5.32. The van der Waals surface area contributed by atoms with Crippen LogP contribution in [0, 0.1) is 0 Å². The summed E-state index contributed by atoms with van der Waals surface area (Å²) in [6.07, 6.45) is 9.19. The molecule has 2 unspecified atom stereocenters. The number of nitrogens with zero attached hydrogens (tertiary/aromatic N) is 1. The molecule has 1 aliphatic heterocycles. The van der Waals surface area contributed by atoms with Crippen LogP contribution >= 0.6 is 11.8 Å². The third-order valence-electron chi connectivity index (χ3n) is 4.22. The minimum atomic E-state index is 0.799. The van der Waals surface area contributed by atoms with E-state index in [1.54, 1.807) is 0 Å². The third kappa shape index (κ3) is 3.38. The smallest absolute Gasteiger partial charge is 0.00940 e. The molecule has 0 bridgehead atoms. The van der Waals surface area contributed by atoms with Crippen LogP contribution in [0.15, 0.2) is 0 Å². The van der Waals surface area contributed by atoms with E-state index in [9.17, 15) is 0 Å². The summed E-state index contributed by atoms with van der Waals surface area (Å²) in [5.74, 6) is 0. The molecule has 2 nitrogen and oxygen atoms in total. The number of nitrogens with one attached hydrogen (secondary N) is 1. The molecule has 0 aromatic heterocycles. The first kappa shape index (κ1) is 12.7. The van der Waals surface area contributed by atoms with Gasteiger partial charge in [0.05, 0.1) is 0 Å². The van der Waals surface area contributed by atoms with Crippen molar-refractivity contribution >= 4 is 11.8 Å². The lowest BCUT2D eigenvalue weighted by molar-refractivity contribution is 0.199. The number of hydrogen-bond donors (Lipinski definition) is 1. The zero-order valence-electron chi connectivity index (χ0n) is 10.7. The van der Waals surface area contributed by atoms with Crippen molar-refractivity contribution in [2.75, 3.05) is 25.9 Å². The van der Waals surface area contributed by atoms with Gasteiger partial charge in [-0.15, -0.1) is 0 Å². The largest absolute Gasteiger partial charge is 0.311 e. The highest BCUT2D eigenvalue weighted by atomic mass is 32.2. The normalized spacial score (nSPS) is 33.4. The summed E-state index contributed by atoms with van der Waals surface area (Å²) in [4.78, 5) is 2.57. The van der Waals surface area contributed by atoms with E-state index >= 15 is 0 Å². The standard InChI is InChI=1S/C13H26N2S/c1-3-15-8-6-11(7-9-15)14-12-4-5-13(10-12)16-2/h11-14H,3-10H2,1-2H3. The molecular weight excluding hydrogens is 216 g/mol. The predicted octanol–water partition coefficient (Wildman–Crippen LogP) is 2.34. The lowest BCUT2D eigenvalue weighted by atomic mass is 10.0. The molecule has 2 fully saturated rings. The molecule has 2 atom stereocenters. The van der Waals surface area contributed by atoms with Crippen LogP contribution in [0.5, 0.6) is 0 Å². The molecule has 16 heavy (non-hydrogen) atoms. The zero-order valence-corrected chi connectivity index (χ0v) is 11.6. The summed E-state index contributed by atoms with van der Waals surface area (Å²) in [6, 6.07) is 1.61. The van der Waals surface area contributed by atoms with Crippen molar-refractivity contribution in [3.8, 4) is 0 Å². The van der Waals surface area contributed by atoms with Crippen LogP contribution in [0.2, 0.25) is 0 Å². The van der Waals surface area contributed by atoms with Gasteiger partial charge in [-0.25, -0.2) is 0 Å². The second kappa shape index (κ2) is 6.27. The van der Waals surface area contributed by atoms with E-state index in [0.29, 0.717) is 0 Å². The fraction of sp³-hybridized carbons (Fsp3) is 1.00. The summed E-state index contributed by atoms with van der Waals surface area (Å²) in [5, 5.41) is 4.81. The second-order valence-corrected chi connectivity index (χ2v) is 6.38. The summed E-state index contributed by atoms with van der Waals surface area (Å²) in [7, 11) is 0. The summed E-state index contributed by atoms with van der Waals surface area (Å²) in [6.45, 7) is 6.10. The molecule has 1 saturated carbocycles. The van der Waals surface area contributed by atoms with Crippen LogP contribution in [0.4, 0.5) is 0 Å². The number of rotatable bonds is 4. The Labute approximate surface area is 105 Å². The SMILES string of the molecule is CCN1CCC(NC2CCC(SC)C2)CC1. The molecule has 2 rings (SSSR count). The van der Waals surface area contributed by atoms with Gasteiger partial charge in [0.1, 0.15) is 0 Å². The Bertz CT molecular complexity index is 202. The van der Waals surface area contributed by atoms with E-state index in [2.05, 4.69) is 35.2 Å². The predicted molar refractivity (Wildman–Crippen MR) is 73.2 cm³/mol. The Morgan fingerprint density at radius 3 is 2.44 bits per heavy atom. The van der Waals surface area contributed by atoms with Crippen LogP contribution in [0.25, 0.3) is 0 Å². The number of piperidine rings is 1. The van der Waals surface area contributed by atoms with E-state index in [0.717, 1.165) is 17.3 Å². The fourth-order valence-corrected chi connectivity index (χ4v) is 3.85. The second-order valence-electron chi connectivity index (χ2n) is 5.24. The van der Waals surface area contributed by atoms with Gasteiger partial charge >= 0.3 is 0 Å². The maximum absolute atomic E-state index is 3.89. The lowest BCUT2D eigenvalue weighted by Crippen LogP contribution is -2.45. The first-order chi connectivity index (χ1) is 7.81. The molecule has 0 amide bonds. The Balaban J connectivity index is 1.67. The molecule has 1 aliphatic carbocycles. The molecule has 3 heteroatoms. The topological polar surface area (TPSA) is 15.3 Å². The molecule has 0 spiro atoms. The van der Waals surface area contributed by atoms with Crippen molar-refractivity contribution < 1.29 is 0 Å². The Morgan fingerprint density at radius 1 is 1.12 bits per heavy atom. The lowest BCUT2D eigenvalue weighted by Gasteiger charge is -2.33. The van der Waals surface area contributed by atoms with E-state index in [-0.39, 0.29) is 0 Å². The highest BCUT2D eigenvalue weighted by Gasteiger charge is 2.27. The van der Waals surface area contributed by atoms with Crippen molar-refractivity contribution in [1.82, 2.24) is 10.2 Å². The number of thioether (sulfide) groups is 1. The fourth-order valence-electron chi connectivity index (χ4n) is 3.05. The van der Waals surface area contributed by atoms with Crippen LogP contribution in [0.3, 0.4) is 0 Å². The van der Waals surface area contributed by atoms with Gasteiger partial charge in [0, 0.05) is 17.3 Å². The highest BCUT2D eigenvalue weighted by molar-refractivity contribution is 7.99. The monoisotopic (exact) mass is 242 g/mol. The van der Waals surface area contributed by atoms with Gasteiger partial charge in [-0.05, 0) is 58.0 Å². The molecule has 0 aromatic carbocycles. The minimum Gasteiger partial charge on any atom is -0.311 e. The van der Waals surface area contributed by atoms with Gasteiger partial charge in [-0.1, -0.05) is 6.92 Å². The number of hydrogen-bond acceptors (Lipinski definition) is 3. The maximum Gasteiger partial charge on any atom is 0.00940 e. The van der Waals surface area contributed by atoms with E-state index in [4.69, 9.17) is 0 Å². The average molecular weight is 242 g/mol. The summed E-state index contributed by atoms with van der Waals surface area (Å²) >= 11 is 2.05. The minimum absolute atomic E-state index is 0.799. The van der Waals surface area contributed by atoms with Gasteiger partial charge in [0.2, 0.25) is 0 Å². The van der Waals surface area contributed by atoms with Gasteiger partial charge in [0.25, 0.3) is 0 Å². The van der Waals surface area contributed by atoms with E-state index < -0.39 is 0 Å². The zero-order chi connectivity index (χ0) is 11.4. The first-order valence-electron chi connectivity index (χ1n) is 6.83. The van der Waals surface area contributed by atoms with Crippen molar-refractivity contribution in [3.05, 3.63) is 0 Å². The maximum atomic E-state index is 3.89. The molecule has 2 aliphatic rings. The van der Waals surface area contributed by atoms with Gasteiger partial charge < -0.3 is 10.2 Å². The Morgan fingerprint density at radius 2 is 1.88 bits per heavy atom. The Kier molecular flexibility index (Phi) is 4.98. The quantitative estimate of drug-likeness (QED) is 0.814. The van der Waals surface area contributed by atoms with Crippen molar-refractivity contribution in [2.24, 2.45) is 0 Å².